The number of aromatic nitrogens is 2. The summed E-state index contributed by atoms with van der Waals surface area (Å²) >= 11 is 0. The van der Waals surface area contributed by atoms with Crippen molar-refractivity contribution in [2.75, 3.05) is 6.54 Å². The zero-order valence-corrected chi connectivity index (χ0v) is 13.1. The first-order chi connectivity index (χ1) is 10.3. The molecule has 1 aromatic rings. The summed E-state index contributed by atoms with van der Waals surface area (Å²) in [5, 5.41) is 4.31. The molecule has 1 atom stereocenters. The molecule has 3 rings (SSSR count). The maximum Gasteiger partial charge on any atom is 0.226 e. The van der Waals surface area contributed by atoms with Crippen molar-refractivity contribution in [2.24, 2.45) is 13.0 Å². The minimum absolute atomic E-state index is 0.246. The summed E-state index contributed by atoms with van der Waals surface area (Å²) in [6.07, 6.45) is 14.6. The van der Waals surface area contributed by atoms with Crippen molar-refractivity contribution in [2.45, 2.75) is 63.8 Å². The molecule has 1 saturated carbocycles. The lowest BCUT2D eigenvalue weighted by molar-refractivity contribution is -0.139. The molecule has 1 aliphatic heterocycles. The molecule has 2 fully saturated rings. The normalized spacial score (nSPS) is 24.8. The molecule has 21 heavy (non-hydrogen) atoms. The minimum atomic E-state index is 0.246. The van der Waals surface area contributed by atoms with Crippen molar-refractivity contribution < 1.29 is 4.79 Å². The molecule has 4 heteroatoms. The first kappa shape index (κ1) is 14.6. The van der Waals surface area contributed by atoms with Crippen LogP contribution in [0.15, 0.2) is 12.4 Å². The molecule has 2 heterocycles. The molecule has 4 nitrogen and oxygen atoms in total. The lowest BCUT2D eigenvalue weighted by Gasteiger charge is -2.34. The van der Waals surface area contributed by atoms with E-state index in [1.54, 1.807) is 0 Å². The highest BCUT2D eigenvalue weighted by Gasteiger charge is 2.32. The van der Waals surface area contributed by atoms with Crippen LogP contribution in [0, 0.1) is 5.92 Å². The smallest absolute Gasteiger partial charge is 0.226 e. The number of aryl methyl sites for hydroxylation is 1. The standard InChI is InChI=1S/C17H27N3O/c1-19-13-15(12-18-19)16-10-6-3-7-11-20(16)17(21)14-8-4-2-5-9-14/h12-14,16H,2-11H2,1H3. The first-order valence-corrected chi connectivity index (χ1v) is 8.55. The number of likely N-dealkylation sites (tertiary alicyclic amines) is 1. The van der Waals surface area contributed by atoms with Crippen LogP contribution < -0.4 is 0 Å². The Morgan fingerprint density at radius 1 is 1.10 bits per heavy atom. The van der Waals surface area contributed by atoms with Crippen molar-refractivity contribution in [3.63, 3.8) is 0 Å². The summed E-state index contributed by atoms with van der Waals surface area (Å²) in [5.74, 6) is 0.682. The molecule has 0 bridgehead atoms. The highest BCUT2D eigenvalue weighted by molar-refractivity contribution is 5.79. The molecule has 1 aliphatic carbocycles. The van der Waals surface area contributed by atoms with Crippen LogP contribution in [-0.2, 0) is 11.8 Å². The number of hydrogen-bond donors (Lipinski definition) is 0. The number of nitrogens with zero attached hydrogens (tertiary/aromatic N) is 3. The maximum atomic E-state index is 13.0. The third-order valence-electron chi connectivity index (χ3n) is 5.10. The van der Waals surface area contributed by atoms with Crippen LogP contribution in [0.2, 0.25) is 0 Å². The summed E-state index contributed by atoms with van der Waals surface area (Å²) in [5.41, 5.74) is 1.21. The lowest BCUT2D eigenvalue weighted by atomic mass is 9.87. The highest BCUT2D eigenvalue weighted by atomic mass is 16.2. The Labute approximate surface area is 127 Å². The van der Waals surface area contributed by atoms with Gasteiger partial charge in [0.2, 0.25) is 5.91 Å². The summed E-state index contributed by atoms with van der Waals surface area (Å²) in [6, 6.07) is 0.246. The van der Waals surface area contributed by atoms with Crippen LogP contribution in [0.1, 0.15) is 69.4 Å². The van der Waals surface area contributed by atoms with Gasteiger partial charge in [-0.05, 0) is 25.7 Å². The zero-order chi connectivity index (χ0) is 14.7. The third-order valence-corrected chi connectivity index (χ3v) is 5.10. The van der Waals surface area contributed by atoms with Crippen molar-refractivity contribution in [1.29, 1.82) is 0 Å². The summed E-state index contributed by atoms with van der Waals surface area (Å²) in [7, 11) is 1.95. The molecule has 0 aromatic carbocycles. The number of hydrogen-bond acceptors (Lipinski definition) is 2. The van der Waals surface area contributed by atoms with Gasteiger partial charge in [0.05, 0.1) is 12.2 Å². The topological polar surface area (TPSA) is 38.1 Å². The van der Waals surface area contributed by atoms with E-state index in [1.807, 2.05) is 17.9 Å². The fourth-order valence-corrected chi connectivity index (χ4v) is 3.91. The van der Waals surface area contributed by atoms with Crippen molar-refractivity contribution in [3.8, 4) is 0 Å². The molecule has 1 saturated heterocycles. The Bertz CT molecular complexity index is 476. The second kappa shape index (κ2) is 6.63. The van der Waals surface area contributed by atoms with Gasteiger partial charge in [0, 0.05) is 31.3 Å². The molecular weight excluding hydrogens is 262 g/mol. The van der Waals surface area contributed by atoms with Gasteiger partial charge < -0.3 is 4.90 Å². The molecule has 1 aromatic heterocycles. The second-order valence-corrected chi connectivity index (χ2v) is 6.68. The number of carbonyl (C=O) groups excluding carboxylic acids is 1. The minimum Gasteiger partial charge on any atom is -0.335 e. The van der Waals surface area contributed by atoms with Crippen molar-refractivity contribution >= 4 is 5.91 Å². The molecule has 0 N–H and O–H groups in total. The van der Waals surface area contributed by atoms with E-state index in [1.165, 1.54) is 37.7 Å². The fourth-order valence-electron chi connectivity index (χ4n) is 3.91. The molecular formula is C17H27N3O. The predicted octanol–water partition coefficient (Wildman–Crippen LogP) is 3.44. The van der Waals surface area contributed by atoms with Crippen LogP contribution in [0.25, 0.3) is 0 Å². The molecule has 1 unspecified atom stereocenters. The number of rotatable bonds is 2. The molecule has 116 valence electrons. The molecule has 1 amide bonds. The van der Waals surface area contributed by atoms with Crippen LogP contribution in [0.4, 0.5) is 0 Å². The number of amides is 1. The van der Waals surface area contributed by atoms with E-state index in [-0.39, 0.29) is 12.0 Å². The molecule has 0 spiro atoms. The van der Waals surface area contributed by atoms with Gasteiger partial charge in [-0.3, -0.25) is 9.48 Å². The van der Waals surface area contributed by atoms with Crippen LogP contribution in [-0.4, -0.2) is 27.1 Å². The molecule has 0 radical (unpaired) electrons. The predicted molar refractivity (Wildman–Crippen MR) is 82.7 cm³/mol. The van der Waals surface area contributed by atoms with Crippen LogP contribution in [0.3, 0.4) is 0 Å². The summed E-state index contributed by atoms with van der Waals surface area (Å²) in [6.45, 7) is 0.925. The maximum absolute atomic E-state index is 13.0. The van der Waals surface area contributed by atoms with Crippen LogP contribution in [0.5, 0.6) is 0 Å². The Balaban J connectivity index is 1.79. The second-order valence-electron chi connectivity index (χ2n) is 6.68. The van der Waals surface area contributed by atoms with Crippen molar-refractivity contribution in [1.82, 2.24) is 14.7 Å². The zero-order valence-electron chi connectivity index (χ0n) is 13.1. The van der Waals surface area contributed by atoms with E-state index in [0.717, 1.165) is 32.2 Å². The van der Waals surface area contributed by atoms with Gasteiger partial charge in [-0.25, -0.2) is 0 Å². The quantitative estimate of drug-likeness (QED) is 0.836. The van der Waals surface area contributed by atoms with Crippen LogP contribution >= 0.6 is 0 Å². The Morgan fingerprint density at radius 2 is 1.81 bits per heavy atom. The van der Waals surface area contributed by atoms with E-state index in [0.29, 0.717) is 5.91 Å². The van der Waals surface area contributed by atoms with E-state index >= 15 is 0 Å². The molecule has 2 aliphatic rings. The van der Waals surface area contributed by atoms with Gasteiger partial charge in [0.25, 0.3) is 0 Å². The fraction of sp³-hybridized carbons (Fsp3) is 0.765. The monoisotopic (exact) mass is 289 g/mol. The van der Waals surface area contributed by atoms with Crippen molar-refractivity contribution in [3.05, 3.63) is 18.0 Å². The Morgan fingerprint density at radius 3 is 2.52 bits per heavy atom. The summed E-state index contributed by atoms with van der Waals surface area (Å²) < 4.78 is 1.85. The van der Waals surface area contributed by atoms with Gasteiger partial charge in [-0.15, -0.1) is 0 Å². The highest BCUT2D eigenvalue weighted by Crippen LogP contribution is 2.34. The van der Waals surface area contributed by atoms with Gasteiger partial charge in [0.15, 0.2) is 0 Å². The third kappa shape index (κ3) is 3.30. The first-order valence-electron chi connectivity index (χ1n) is 8.55. The van der Waals surface area contributed by atoms with Gasteiger partial charge >= 0.3 is 0 Å². The summed E-state index contributed by atoms with van der Waals surface area (Å²) in [4.78, 5) is 15.2. The van der Waals surface area contributed by atoms with E-state index < -0.39 is 0 Å². The van der Waals surface area contributed by atoms with Gasteiger partial charge in [-0.1, -0.05) is 32.1 Å². The largest absolute Gasteiger partial charge is 0.335 e. The van der Waals surface area contributed by atoms with E-state index in [4.69, 9.17) is 0 Å². The average molecular weight is 289 g/mol. The Hall–Kier alpha value is -1.32. The van der Waals surface area contributed by atoms with Gasteiger partial charge in [-0.2, -0.15) is 5.10 Å². The number of carbonyl (C=O) groups is 1. The van der Waals surface area contributed by atoms with E-state index in [9.17, 15) is 4.79 Å². The lowest BCUT2D eigenvalue weighted by Crippen LogP contribution is -2.39. The Kier molecular flexibility index (Phi) is 4.61. The SMILES string of the molecule is Cn1cc(C2CCCCCN2C(=O)C2CCCCC2)cn1. The van der Waals surface area contributed by atoms with Gasteiger partial charge in [0.1, 0.15) is 0 Å². The van der Waals surface area contributed by atoms with E-state index in [2.05, 4.69) is 16.2 Å². The average Bonchev–Trinajstić information content (AvgIpc) is 2.80.